The summed E-state index contributed by atoms with van der Waals surface area (Å²) >= 11 is 0. The summed E-state index contributed by atoms with van der Waals surface area (Å²) < 4.78 is 41.1. The van der Waals surface area contributed by atoms with Crippen LogP contribution in [-0.2, 0) is 24.4 Å². The lowest BCUT2D eigenvalue weighted by molar-refractivity contribution is -0.176. The number of guanidine groups is 1. The normalized spacial score (nSPS) is 11.8. The molecule has 1 aromatic heterocycles. The van der Waals surface area contributed by atoms with Gasteiger partial charge in [-0.2, -0.15) is 13.2 Å². The molecule has 0 aliphatic heterocycles. The van der Waals surface area contributed by atoms with E-state index in [1.54, 1.807) is 18.3 Å². The predicted octanol–water partition coefficient (Wildman–Crippen LogP) is 5.19. The molecule has 32 heavy (non-hydrogen) atoms. The highest BCUT2D eigenvalue weighted by Crippen LogP contribution is 2.17. The number of nitrogens with one attached hydrogen (secondary N) is 2. The smallest absolute Gasteiger partial charge is 0.367 e. The van der Waals surface area contributed by atoms with Crippen LogP contribution in [0.4, 0.5) is 13.2 Å². The fourth-order valence-electron chi connectivity index (χ4n) is 3.03. The van der Waals surface area contributed by atoms with Gasteiger partial charge in [0.05, 0.1) is 18.7 Å². The molecule has 2 N–H and O–H groups in total. The Morgan fingerprint density at radius 3 is 2.44 bits per heavy atom. The van der Waals surface area contributed by atoms with Crippen molar-refractivity contribution >= 4 is 40.8 Å². The minimum atomic E-state index is -4.31. The van der Waals surface area contributed by atoms with Crippen LogP contribution in [0.15, 0.2) is 65.8 Å². The zero-order valence-electron chi connectivity index (χ0n) is 17.7. The van der Waals surface area contributed by atoms with Crippen molar-refractivity contribution in [3.05, 3.63) is 77.5 Å². The number of nitrogens with zero attached hydrogens (tertiary/aromatic N) is 2. The number of aliphatic imine (C=N–C) groups is 1. The summed E-state index contributed by atoms with van der Waals surface area (Å²) in [7, 11) is 0. The van der Waals surface area contributed by atoms with Gasteiger partial charge >= 0.3 is 6.18 Å². The monoisotopic (exact) mass is 558 g/mol. The van der Waals surface area contributed by atoms with Crippen molar-refractivity contribution in [2.45, 2.75) is 32.8 Å². The summed E-state index contributed by atoms with van der Waals surface area (Å²) in [5.41, 5.74) is 3.66. The highest BCUT2D eigenvalue weighted by Gasteiger charge is 2.27. The van der Waals surface area contributed by atoms with Crippen LogP contribution >= 0.6 is 24.0 Å². The van der Waals surface area contributed by atoms with Crippen molar-refractivity contribution in [3.8, 4) is 0 Å². The molecule has 0 amide bonds. The summed E-state index contributed by atoms with van der Waals surface area (Å²) in [6.07, 6.45) is -2.53. The molecule has 0 fully saturated rings. The van der Waals surface area contributed by atoms with Gasteiger partial charge in [0.1, 0.15) is 6.61 Å². The van der Waals surface area contributed by atoms with Crippen molar-refractivity contribution in [2.75, 3.05) is 13.2 Å². The molecule has 5 nitrogen and oxygen atoms in total. The Morgan fingerprint density at radius 1 is 1.00 bits per heavy atom. The van der Waals surface area contributed by atoms with E-state index in [0.717, 1.165) is 28.6 Å². The third-order valence-electron chi connectivity index (χ3n) is 4.48. The Balaban J connectivity index is 0.00000363. The SMILES string of the molecule is CCNC(=NCc1ccc(COCC(F)(F)F)cc1)NCc1cccc2cccnc12.I. The second kappa shape index (κ2) is 12.6. The lowest BCUT2D eigenvalue weighted by atomic mass is 10.1. The van der Waals surface area contributed by atoms with Crippen LogP contribution in [0.2, 0.25) is 0 Å². The number of ether oxygens (including phenoxy) is 1. The van der Waals surface area contributed by atoms with Crippen LogP contribution in [0, 0.1) is 0 Å². The summed E-state index contributed by atoms with van der Waals surface area (Å²) in [4.78, 5) is 9.07. The van der Waals surface area contributed by atoms with Crippen LogP contribution in [0.25, 0.3) is 10.9 Å². The number of pyridine rings is 1. The lowest BCUT2D eigenvalue weighted by Gasteiger charge is -2.12. The van der Waals surface area contributed by atoms with E-state index in [1.807, 2.05) is 49.4 Å². The van der Waals surface area contributed by atoms with Gasteiger partial charge in [-0.1, -0.05) is 48.5 Å². The number of benzene rings is 2. The van der Waals surface area contributed by atoms with Crippen LogP contribution in [-0.4, -0.2) is 30.3 Å². The van der Waals surface area contributed by atoms with E-state index in [2.05, 4.69) is 25.3 Å². The molecule has 0 saturated carbocycles. The number of alkyl halides is 3. The van der Waals surface area contributed by atoms with Gasteiger partial charge < -0.3 is 15.4 Å². The first-order chi connectivity index (χ1) is 14.9. The minimum Gasteiger partial charge on any atom is -0.367 e. The molecular weight excluding hydrogens is 532 g/mol. The van der Waals surface area contributed by atoms with Gasteiger partial charge in [0.25, 0.3) is 0 Å². The molecule has 0 bridgehead atoms. The van der Waals surface area contributed by atoms with E-state index in [0.29, 0.717) is 24.6 Å². The van der Waals surface area contributed by atoms with Crippen LogP contribution in [0.1, 0.15) is 23.6 Å². The first kappa shape index (κ1) is 25.9. The Morgan fingerprint density at radius 2 is 1.72 bits per heavy atom. The molecule has 172 valence electrons. The molecule has 9 heteroatoms. The van der Waals surface area contributed by atoms with Crippen molar-refractivity contribution < 1.29 is 17.9 Å². The number of aromatic nitrogens is 1. The summed E-state index contributed by atoms with van der Waals surface area (Å²) in [6.45, 7) is 2.40. The average Bonchev–Trinajstić information content (AvgIpc) is 2.76. The standard InChI is InChI=1S/C23H25F3N4O.HI/c1-2-27-22(30-14-20-6-3-5-19-7-4-12-28-21(19)20)29-13-17-8-10-18(11-9-17)15-31-16-23(24,25)26;/h3-12H,2,13-16H2,1H3,(H2,27,29,30);1H. The maximum absolute atomic E-state index is 12.2. The van der Waals surface area contributed by atoms with Gasteiger partial charge in [0, 0.05) is 24.7 Å². The first-order valence-corrected chi connectivity index (χ1v) is 10.0. The molecule has 1 heterocycles. The van der Waals surface area contributed by atoms with Crippen molar-refractivity contribution in [1.29, 1.82) is 0 Å². The zero-order valence-corrected chi connectivity index (χ0v) is 20.0. The fourth-order valence-corrected chi connectivity index (χ4v) is 3.03. The van der Waals surface area contributed by atoms with Crippen molar-refractivity contribution in [2.24, 2.45) is 4.99 Å². The number of fused-ring (bicyclic) bond motifs is 1. The van der Waals surface area contributed by atoms with Gasteiger partial charge in [0.15, 0.2) is 5.96 Å². The molecule has 0 aliphatic rings. The Hall–Kier alpha value is -2.40. The fraction of sp³-hybridized carbons (Fsp3) is 0.304. The molecule has 0 saturated heterocycles. The van der Waals surface area contributed by atoms with E-state index >= 15 is 0 Å². The topological polar surface area (TPSA) is 58.5 Å². The maximum atomic E-state index is 12.2. The quantitative estimate of drug-likeness (QED) is 0.227. The summed E-state index contributed by atoms with van der Waals surface area (Å²) in [5, 5.41) is 7.63. The van der Waals surface area contributed by atoms with E-state index < -0.39 is 12.8 Å². The maximum Gasteiger partial charge on any atom is 0.411 e. The van der Waals surface area contributed by atoms with Gasteiger partial charge in [-0.3, -0.25) is 4.98 Å². The van der Waals surface area contributed by atoms with E-state index in [1.165, 1.54) is 0 Å². The zero-order chi connectivity index (χ0) is 22.1. The Kier molecular flexibility index (Phi) is 10.2. The van der Waals surface area contributed by atoms with E-state index in [9.17, 15) is 13.2 Å². The molecule has 3 aromatic rings. The predicted molar refractivity (Wildman–Crippen MR) is 131 cm³/mol. The molecule has 0 radical (unpaired) electrons. The van der Waals surface area contributed by atoms with Crippen LogP contribution in [0.3, 0.4) is 0 Å². The number of halogens is 4. The van der Waals surface area contributed by atoms with E-state index in [4.69, 9.17) is 0 Å². The number of hydrogen-bond donors (Lipinski definition) is 2. The molecule has 0 unspecified atom stereocenters. The highest BCUT2D eigenvalue weighted by molar-refractivity contribution is 14.0. The molecule has 0 aliphatic carbocycles. The van der Waals surface area contributed by atoms with Crippen LogP contribution in [0.5, 0.6) is 0 Å². The second-order valence-corrected chi connectivity index (χ2v) is 6.97. The molecule has 0 spiro atoms. The summed E-state index contributed by atoms with van der Waals surface area (Å²) in [6, 6.07) is 17.2. The molecule has 2 aromatic carbocycles. The van der Waals surface area contributed by atoms with Crippen LogP contribution < -0.4 is 10.6 Å². The third-order valence-corrected chi connectivity index (χ3v) is 4.48. The largest absolute Gasteiger partial charge is 0.411 e. The van der Waals surface area contributed by atoms with Crippen molar-refractivity contribution in [3.63, 3.8) is 0 Å². The lowest BCUT2D eigenvalue weighted by Crippen LogP contribution is -2.36. The number of para-hydroxylation sites is 1. The van der Waals surface area contributed by atoms with Gasteiger partial charge in [-0.25, -0.2) is 4.99 Å². The molecule has 3 rings (SSSR count). The van der Waals surface area contributed by atoms with Crippen molar-refractivity contribution in [1.82, 2.24) is 15.6 Å². The number of rotatable bonds is 8. The average molecular weight is 558 g/mol. The Bertz CT molecular complexity index is 1000. The molecular formula is C23H26F3IN4O. The summed E-state index contributed by atoms with van der Waals surface area (Å²) in [5.74, 6) is 0.674. The third kappa shape index (κ3) is 8.27. The van der Waals surface area contributed by atoms with Gasteiger partial charge in [0.2, 0.25) is 0 Å². The number of hydrogen-bond acceptors (Lipinski definition) is 3. The van der Waals surface area contributed by atoms with Gasteiger partial charge in [-0.05, 0) is 29.7 Å². The molecule has 0 atom stereocenters. The van der Waals surface area contributed by atoms with E-state index in [-0.39, 0.29) is 30.6 Å². The minimum absolute atomic E-state index is 0. The highest BCUT2D eigenvalue weighted by atomic mass is 127. The van der Waals surface area contributed by atoms with Gasteiger partial charge in [-0.15, -0.1) is 24.0 Å². The first-order valence-electron chi connectivity index (χ1n) is 10.0. The Labute approximate surface area is 202 Å². The second-order valence-electron chi connectivity index (χ2n) is 6.97.